The minimum absolute atomic E-state index is 0.0205. The van der Waals surface area contributed by atoms with Gasteiger partial charge in [-0.25, -0.2) is 4.68 Å². The van der Waals surface area contributed by atoms with Gasteiger partial charge in [0.2, 0.25) is 0 Å². The standard InChI is InChI=1S/C25H28N2O4/c1-17-3-7-20(8-4-17)23-15-24(25(31-18(2)29)13-11-22(30)12-14-25)26-27(23)21-9-5-19(16-28)6-10-21/h3-10,15,22,28,30H,11-14,16H2,1-2H3. The second-order valence-corrected chi connectivity index (χ2v) is 8.34. The molecule has 0 aliphatic heterocycles. The fourth-order valence-corrected chi connectivity index (χ4v) is 4.23. The lowest BCUT2D eigenvalue weighted by atomic mass is 9.80. The van der Waals surface area contributed by atoms with E-state index in [-0.39, 0.29) is 18.7 Å². The predicted octanol–water partition coefficient (Wildman–Crippen LogP) is 4.03. The molecule has 0 unspecified atom stereocenters. The van der Waals surface area contributed by atoms with Crippen molar-refractivity contribution in [1.82, 2.24) is 9.78 Å². The highest BCUT2D eigenvalue weighted by Crippen LogP contribution is 2.42. The molecule has 1 aliphatic rings. The molecule has 0 radical (unpaired) electrons. The van der Waals surface area contributed by atoms with Gasteiger partial charge in [0.1, 0.15) is 5.69 Å². The lowest BCUT2D eigenvalue weighted by Crippen LogP contribution is -2.38. The van der Waals surface area contributed by atoms with Crippen molar-refractivity contribution in [1.29, 1.82) is 0 Å². The summed E-state index contributed by atoms with van der Waals surface area (Å²) in [7, 11) is 0. The van der Waals surface area contributed by atoms with E-state index in [9.17, 15) is 15.0 Å². The molecule has 0 bridgehead atoms. The number of esters is 1. The average Bonchev–Trinajstić information content (AvgIpc) is 3.22. The molecule has 1 saturated carbocycles. The van der Waals surface area contributed by atoms with E-state index in [0.717, 1.165) is 22.5 Å². The molecule has 1 aromatic heterocycles. The van der Waals surface area contributed by atoms with Crippen molar-refractivity contribution in [2.24, 2.45) is 0 Å². The van der Waals surface area contributed by atoms with Gasteiger partial charge in [0.25, 0.3) is 0 Å². The second kappa shape index (κ2) is 8.65. The third kappa shape index (κ3) is 4.40. The smallest absolute Gasteiger partial charge is 0.303 e. The van der Waals surface area contributed by atoms with Crippen molar-refractivity contribution < 1.29 is 19.7 Å². The van der Waals surface area contributed by atoms with Crippen LogP contribution in [-0.2, 0) is 21.7 Å². The number of rotatable bonds is 5. The summed E-state index contributed by atoms with van der Waals surface area (Å²) >= 11 is 0. The number of aryl methyl sites for hydroxylation is 1. The number of aliphatic hydroxyl groups excluding tert-OH is 2. The van der Waals surface area contributed by atoms with Gasteiger partial charge >= 0.3 is 5.97 Å². The van der Waals surface area contributed by atoms with Crippen molar-refractivity contribution >= 4 is 5.97 Å². The van der Waals surface area contributed by atoms with Gasteiger partial charge in [-0.15, -0.1) is 0 Å². The maximum absolute atomic E-state index is 12.0. The van der Waals surface area contributed by atoms with Crippen molar-refractivity contribution in [2.45, 2.75) is 57.8 Å². The highest BCUT2D eigenvalue weighted by molar-refractivity contribution is 5.67. The largest absolute Gasteiger partial charge is 0.453 e. The minimum Gasteiger partial charge on any atom is -0.453 e. The molecule has 6 nitrogen and oxygen atoms in total. The third-order valence-corrected chi connectivity index (χ3v) is 5.99. The van der Waals surface area contributed by atoms with E-state index < -0.39 is 5.60 Å². The van der Waals surface area contributed by atoms with Crippen LogP contribution in [0.25, 0.3) is 16.9 Å². The zero-order chi connectivity index (χ0) is 22.0. The Kier molecular flexibility index (Phi) is 5.94. The van der Waals surface area contributed by atoms with Crippen molar-refractivity contribution in [2.75, 3.05) is 0 Å². The Morgan fingerprint density at radius 2 is 1.77 bits per heavy atom. The predicted molar refractivity (Wildman–Crippen MR) is 118 cm³/mol. The minimum atomic E-state index is -0.846. The van der Waals surface area contributed by atoms with E-state index in [2.05, 4.69) is 24.3 Å². The third-order valence-electron chi connectivity index (χ3n) is 5.99. The van der Waals surface area contributed by atoms with Crippen LogP contribution >= 0.6 is 0 Å². The zero-order valence-corrected chi connectivity index (χ0v) is 17.9. The molecule has 4 rings (SSSR count). The normalized spacial score (nSPS) is 21.1. The maximum atomic E-state index is 12.0. The fourth-order valence-electron chi connectivity index (χ4n) is 4.23. The van der Waals surface area contributed by atoms with Gasteiger partial charge in [0.15, 0.2) is 5.60 Å². The number of carbonyl (C=O) groups is 1. The van der Waals surface area contributed by atoms with Gasteiger partial charge in [-0.2, -0.15) is 5.10 Å². The van der Waals surface area contributed by atoms with Crippen molar-refractivity contribution in [3.05, 3.63) is 71.4 Å². The van der Waals surface area contributed by atoms with Gasteiger partial charge in [0.05, 0.1) is 24.1 Å². The van der Waals surface area contributed by atoms with Gasteiger partial charge in [-0.1, -0.05) is 42.0 Å². The summed E-state index contributed by atoms with van der Waals surface area (Å²) in [5, 5.41) is 24.3. The van der Waals surface area contributed by atoms with Crippen LogP contribution in [0, 0.1) is 6.92 Å². The SMILES string of the molecule is CC(=O)OC1(c2cc(-c3ccc(C)cc3)n(-c3ccc(CO)cc3)n2)CCC(O)CC1. The summed E-state index contributed by atoms with van der Waals surface area (Å²) in [5.74, 6) is -0.352. The molecule has 162 valence electrons. The Hall–Kier alpha value is -2.96. The first-order valence-corrected chi connectivity index (χ1v) is 10.7. The van der Waals surface area contributed by atoms with E-state index in [1.54, 1.807) is 0 Å². The summed E-state index contributed by atoms with van der Waals surface area (Å²) in [6, 6.07) is 17.8. The Morgan fingerprint density at radius 1 is 1.13 bits per heavy atom. The summed E-state index contributed by atoms with van der Waals surface area (Å²) in [6.45, 7) is 3.44. The molecule has 1 heterocycles. The second-order valence-electron chi connectivity index (χ2n) is 8.34. The first-order chi connectivity index (χ1) is 14.9. The van der Waals surface area contributed by atoms with Crippen molar-refractivity contribution in [3.8, 4) is 16.9 Å². The van der Waals surface area contributed by atoms with Gasteiger partial charge in [0, 0.05) is 12.5 Å². The number of ether oxygens (including phenoxy) is 1. The van der Waals surface area contributed by atoms with Crippen LogP contribution in [0.1, 0.15) is 49.4 Å². The molecular formula is C25H28N2O4. The quantitative estimate of drug-likeness (QED) is 0.609. The van der Waals surface area contributed by atoms with Gasteiger partial charge in [-0.05, 0) is 56.4 Å². The van der Waals surface area contributed by atoms with Gasteiger partial charge in [-0.3, -0.25) is 4.79 Å². The molecule has 3 aromatic rings. The molecule has 0 amide bonds. The Balaban J connectivity index is 1.85. The number of benzene rings is 2. The summed E-state index contributed by atoms with van der Waals surface area (Å²) < 4.78 is 7.71. The average molecular weight is 421 g/mol. The molecule has 0 atom stereocenters. The van der Waals surface area contributed by atoms with Crippen LogP contribution in [0.2, 0.25) is 0 Å². The number of carbonyl (C=O) groups excluding carboxylic acids is 1. The number of nitrogens with zero attached hydrogens (tertiary/aromatic N) is 2. The van der Waals surface area contributed by atoms with E-state index in [1.165, 1.54) is 12.5 Å². The van der Waals surface area contributed by atoms with Crippen LogP contribution in [0.15, 0.2) is 54.6 Å². The molecule has 2 aromatic carbocycles. The summed E-state index contributed by atoms with van der Waals surface area (Å²) in [4.78, 5) is 12.0. The number of aliphatic hydroxyl groups is 2. The fraction of sp³-hybridized carbons (Fsp3) is 0.360. The molecular weight excluding hydrogens is 392 g/mol. The molecule has 0 saturated heterocycles. The molecule has 1 fully saturated rings. The van der Waals surface area contributed by atoms with E-state index in [0.29, 0.717) is 31.4 Å². The molecule has 2 N–H and O–H groups in total. The lowest BCUT2D eigenvalue weighted by Gasteiger charge is -2.36. The van der Waals surface area contributed by atoms with Crippen LogP contribution < -0.4 is 0 Å². The van der Waals surface area contributed by atoms with E-state index >= 15 is 0 Å². The lowest BCUT2D eigenvalue weighted by molar-refractivity contribution is -0.165. The Bertz CT molecular complexity index is 1050. The molecule has 31 heavy (non-hydrogen) atoms. The van der Waals surface area contributed by atoms with Crippen LogP contribution in [0.3, 0.4) is 0 Å². The summed E-state index contributed by atoms with van der Waals surface area (Å²) in [6.07, 6.45) is 1.80. The highest BCUT2D eigenvalue weighted by atomic mass is 16.6. The van der Waals surface area contributed by atoms with Crippen LogP contribution in [-0.4, -0.2) is 32.1 Å². The monoisotopic (exact) mass is 420 g/mol. The zero-order valence-electron chi connectivity index (χ0n) is 17.9. The highest BCUT2D eigenvalue weighted by Gasteiger charge is 2.42. The maximum Gasteiger partial charge on any atom is 0.303 e. The van der Waals surface area contributed by atoms with E-state index in [1.807, 2.05) is 41.9 Å². The molecule has 6 heteroatoms. The molecule has 0 spiro atoms. The Morgan fingerprint density at radius 3 is 2.35 bits per heavy atom. The van der Waals surface area contributed by atoms with Crippen molar-refractivity contribution in [3.63, 3.8) is 0 Å². The number of aromatic nitrogens is 2. The first kappa shape index (κ1) is 21.3. The topological polar surface area (TPSA) is 84.6 Å². The Labute approximate surface area is 182 Å². The number of hydrogen-bond acceptors (Lipinski definition) is 5. The first-order valence-electron chi connectivity index (χ1n) is 10.7. The van der Waals surface area contributed by atoms with E-state index in [4.69, 9.17) is 9.84 Å². The van der Waals surface area contributed by atoms with Crippen LogP contribution in [0.5, 0.6) is 0 Å². The van der Waals surface area contributed by atoms with Crippen LogP contribution in [0.4, 0.5) is 0 Å². The molecule has 1 aliphatic carbocycles. The summed E-state index contributed by atoms with van der Waals surface area (Å²) in [5.41, 5.74) is 4.59. The number of hydrogen-bond donors (Lipinski definition) is 2. The van der Waals surface area contributed by atoms with Gasteiger partial charge < -0.3 is 14.9 Å².